The van der Waals surface area contributed by atoms with Crippen LogP contribution in [0.25, 0.3) is 0 Å². The summed E-state index contributed by atoms with van der Waals surface area (Å²) in [4.78, 5) is 22.1. The molecule has 0 aliphatic carbocycles. The molecule has 1 N–H and O–H groups in total. The maximum atomic E-state index is 12.1. The predicted octanol–water partition coefficient (Wildman–Crippen LogP) is 3.39. The van der Waals surface area contributed by atoms with E-state index in [1.807, 2.05) is 0 Å². The number of carbonyl (C=O) groups excluding carboxylic acids is 1. The predicted molar refractivity (Wildman–Crippen MR) is 94.5 cm³/mol. The number of nitrogens with one attached hydrogen (secondary N) is 1. The number of nitro groups is 1. The van der Waals surface area contributed by atoms with Crippen molar-refractivity contribution < 1.29 is 23.9 Å². The highest BCUT2D eigenvalue weighted by molar-refractivity contribution is 9.10. The lowest BCUT2D eigenvalue weighted by Crippen LogP contribution is -2.20. The second-order valence-electron chi connectivity index (χ2n) is 4.77. The number of non-ortho nitro benzene ring substituents is 1. The Morgan fingerprint density at radius 3 is 2.36 bits per heavy atom. The molecule has 25 heavy (non-hydrogen) atoms. The maximum absolute atomic E-state index is 12.1. The zero-order valence-corrected chi connectivity index (χ0v) is 15.0. The first-order valence-electron chi connectivity index (χ1n) is 7.03. The number of halogens is 1. The van der Waals surface area contributed by atoms with Crippen LogP contribution >= 0.6 is 15.9 Å². The van der Waals surface area contributed by atoms with E-state index in [0.717, 1.165) is 0 Å². The average Bonchev–Trinajstić information content (AvgIpc) is 2.61. The van der Waals surface area contributed by atoms with Gasteiger partial charge in [-0.25, -0.2) is 0 Å². The Labute approximate surface area is 152 Å². The van der Waals surface area contributed by atoms with Gasteiger partial charge in [-0.15, -0.1) is 0 Å². The summed E-state index contributed by atoms with van der Waals surface area (Å²) in [5, 5.41) is 13.3. The number of hydrogen-bond donors (Lipinski definition) is 1. The summed E-state index contributed by atoms with van der Waals surface area (Å²) in [5.74, 6) is 0.922. The van der Waals surface area contributed by atoms with E-state index in [4.69, 9.17) is 14.2 Å². The fourth-order valence-corrected chi connectivity index (χ4v) is 2.44. The first-order valence-corrected chi connectivity index (χ1v) is 7.82. The van der Waals surface area contributed by atoms with Crippen molar-refractivity contribution in [3.05, 3.63) is 51.0 Å². The Hall–Kier alpha value is -2.81. The minimum atomic E-state index is -0.510. The molecule has 0 bridgehead atoms. The number of nitro benzene ring substituents is 1. The van der Waals surface area contributed by atoms with E-state index >= 15 is 0 Å². The Morgan fingerprint density at radius 1 is 1.16 bits per heavy atom. The van der Waals surface area contributed by atoms with Gasteiger partial charge >= 0.3 is 0 Å². The SMILES string of the molecule is COc1cc(NC(=O)COc2ccc([N+](=O)[O-])cc2)c(OC)cc1Br. The highest BCUT2D eigenvalue weighted by Crippen LogP contribution is 2.36. The second kappa shape index (κ2) is 8.34. The molecule has 2 rings (SSSR count). The van der Waals surface area contributed by atoms with Crippen molar-refractivity contribution in [2.75, 3.05) is 26.1 Å². The number of nitrogens with zero attached hydrogens (tertiary/aromatic N) is 1. The van der Waals surface area contributed by atoms with Crippen molar-refractivity contribution in [2.45, 2.75) is 0 Å². The van der Waals surface area contributed by atoms with Gasteiger partial charge in [0.2, 0.25) is 0 Å². The summed E-state index contributed by atoms with van der Waals surface area (Å²) in [7, 11) is 2.99. The average molecular weight is 411 g/mol. The number of carbonyl (C=O) groups is 1. The molecular weight excluding hydrogens is 396 g/mol. The van der Waals surface area contributed by atoms with E-state index in [0.29, 0.717) is 27.4 Å². The lowest BCUT2D eigenvalue weighted by atomic mass is 10.2. The van der Waals surface area contributed by atoms with Gasteiger partial charge < -0.3 is 19.5 Å². The Kier molecular flexibility index (Phi) is 6.18. The molecule has 0 radical (unpaired) electrons. The zero-order chi connectivity index (χ0) is 18.4. The van der Waals surface area contributed by atoms with Gasteiger partial charge in [-0.3, -0.25) is 14.9 Å². The normalized spacial score (nSPS) is 10.0. The molecule has 0 saturated carbocycles. The molecule has 2 aromatic carbocycles. The molecule has 0 aliphatic rings. The van der Waals surface area contributed by atoms with Crippen LogP contribution in [0.15, 0.2) is 40.9 Å². The summed E-state index contributed by atoms with van der Waals surface area (Å²) >= 11 is 3.34. The van der Waals surface area contributed by atoms with Crippen LogP contribution in [-0.4, -0.2) is 31.7 Å². The minimum absolute atomic E-state index is 0.0523. The van der Waals surface area contributed by atoms with E-state index in [9.17, 15) is 14.9 Å². The number of anilines is 1. The minimum Gasteiger partial charge on any atom is -0.495 e. The van der Waals surface area contributed by atoms with Gasteiger partial charge in [-0.05, 0) is 28.1 Å². The first-order chi connectivity index (χ1) is 11.9. The zero-order valence-electron chi connectivity index (χ0n) is 13.4. The van der Waals surface area contributed by atoms with E-state index in [-0.39, 0.29) is 12.3 Å². The van der Waals surface area contributed by atoms with Crippen molar-refractivity contribution in [2.24, 2.45) is 0 Å². The van der Waals surface area contributed by atoms with Gasteiger partial charge in [0.25, 0.3) is 11.6 Å². The number of rotatable bonds is 7. The van der Waals surface area contributed by atoms with Crippen LogP contribution in [0.5, 0.6) is 17.2 Å². The van der Waals surface area contributed by atoms with Crippen molar-refractivity contribution in [1.29, 1.82) is 0 Å². The summed E-state index contributed by atoms with van der Waals surface area (Å²) in [6, 6.07) is 8.74. The molecule has 0 aromatic heterocycles. The number of methoxy groups -OCH3 is 2. The standard InChI is InChI=1S/C16H15BrN2O6/c1-23-14-8-13(15(24-2)7-12(14)17)18-16(20)9-25-11-5-3-10(4-6-11)19(21)22/h3-8H,9H2,1-2H3,(H,18,20). The largest absolute Gasteiger partial charge is 0.495 e. The second-order valence-corrected chi connectivity index (χ2v) is 5.63. The molecular formula is C16H15BrN2O6. The molecule has 0 saturated heterocycles. The molecule has 0 heterocycles. The van der Waals surface area contributed by atoms with Crippen molar-refractivity contribution >= 4 is 33.2 Å². The highest BCUT2D eigenvalue weighted by Gasteiger charge is 2.13. The van der Waals surface area contributed by atoms with E-state index in [1.165, 1.54) is 38.5 Å². The highest BCUT2D eigenvalue weighted by atomic mass is 79.9. The molecule has 0 spiro atoms. The van der Waals surface area contributed by atoms with Crippen LogP contribution in [0.3, 0.4) is 0 Å². The van der Waals surface area contributed by atoms with Crippen molar-refractivity contribution in [3.8, 4) is 17.2 Å². The van der Waals surface area contributed by atoms with E-state index in [1.54, 1.807) is 12.1 Å². The molecule has 0 fully saturated rings. The third kappa shape index (κ3) is 4.83. The first kappa shape index (κ1) is 18.5. The third-order valence-electron chi connectivity index (χ3n) is 3.17. The molecule has 132 valence electrons. The summed E-state index contributed by atoms with van der Waals surface area (Å²) in [5.41, 5.74) is 0.378. The van der Waals surface area contributed by atoms with Gasteiger partial charge in [0.05, 0.1) is 29.3 Å². The van der Waals surface area contributed by atoms with Gasteiger partial charge in [0.1, 0.15) is 17.2 Å². The van der Waals surface area contributed by atoms with E-state index in [2.05, 4.69) is 21.2 Å². The maximum Gasteiger partial charge on any atom is 0.269 e. The van der Waals surface area contributed by atoms with Gasteiger partial charge in [0, 0.05) is 24.3 Å². The quantitative estimate of drug-likeness (QED) is 0.554. The smallest absolute Gasteiger partial charge is 0.269 e. The van der Waals surface area contributed by atoms with Gasteiger partial charge in [-0.1, -0.05) is 0 Å². The molecule has 0 atom stereocenters. The Balaban J connectivity index is 2.01. The Morgan fingerprint density at radius 2 is 1.80 bits per heavy atom. The van der Waals surface area contributed by atoms with Crippen LogP contribution in [0.4, 0.5) is 11.4 Å². The lowest BCUT2D eigenvalue weighted by Gasteiger charge is -2.13. The Bertz CT molecular complexity index is 779. The molecule has 1 amide bonds. The molecule has 0 aliphatic heterocycles. The fourth-order valence-electron chi connectivity index (χ4n) is 1.96. The lowest BCUT2D eigenvalue weighted by molar-refractivity contribution is -0.384. The molecule has 8 nitrogen and oxygen atoms in total. The van der Waals surface area contributed by atoms with Crippen LogP contribution in [-0.2, 0) is 4.79 Å². The van der Waals surface area contributed by atoms with Gasteiger partial charge in [0.15, 0.2) is 6.61 Å². The summed E-state index contributed by atoms with van der Waals surface area (Å²) in [6.07, 6.45) is 0. The number of amides is 1. The molecule has 2 aromatic rings. The van der Waals surface area contributed by atoms with Crippen molar-refractivity contribution in [3.63, 3.8) is 0 Å². The summed E-state index contributed by atoms with van der Waals surface area (Å²) < 4.78 is 16.4. The van der Waals surface area contributed by atoms with Crippen LogP contribution in [0.1, 0.15) is 0 Å². The third-order valence-corrected chi connectivity index (χ3v) is 3.79. The number of ether oxygens (including phenoxy) is 3. The van der Waals surface area contributed by atoms with Crippen LogP contribution < -0.4 is 19.5 Å². The molecule has 9 heteroatoms. The summed E-state index contributed by atoms with van der Waals surface area (Å²) in [6.45, 7) is -0.265. The van der Waals surface area contributed by atoms with Crippen LogP contribution in [0, 0.1) is 10.1 Å². The van der Waals surface area contributed by atoms with Gasteiger partial charge in [-0.2, -0.15) is 0 Å². The number of benzene rings is 2. The van der Waals surface area contributed by atoms with Crippen LogP contribution in [0.2, 0.25) is 0 Å². The monoisotopic (exact) mass is 410 g/mol. The topological polar surface area (TPSA) is 99.9 Å². The number of hydrogen-bond acceptors (Lipinski definition) is 6. The molecule has 0 unspecified atom stereocenters. The fraction of sp³-hybridized carbons (Fsp3) is 0.188. The van der Waals surface area contributed by atoms with E-state index < -0.39 is 10.8 Å². The van der Waals surface area contributed by atoms with Crippen molar-refractivity contribution in [1.82, 2.24) is 0 Å².